The first kappa shape index (κ1) is 48.4. The summed E-state index contributed by atoms with van der Waals surface area (Å²) >= 11 is 0. The number of ether oxygens (including phenoxy) is 4. The third-order valence-electron chi connectivity index (χ3n) is 9.35. The lowest BCUT2D eigenvalue weighted by atomic mass is 10.00. The number of allylic oxidation sites excluding steroid dienone is 2. The van der Waals surface area contributed by atoms with Gasteiger partial charge in [-0.15, -0.1) is 0 Å². The zero-order valence-electron chi connectivity index (χ0n) is 32.2. The average molecular weight is 765 g/mol. The summed E-state index contributed by atoms with van der Waals surface area (Å²) in [6.45, 7) is 3.70. The molecular formula is C39H72O12S. The van der Waals surface area contributed by atoms with Crippen molar-refractivity contribution in [2.45, 2.75) is 205 Å². The molecule has 0 radical (unpaired) electrons. The van der Waals surface area contributed by atoms with Crippen LogP contribution < -0.4 is 0 Å². The van der Waals surface area contributed by atoms with E-state index >= 15 is 0 Å². The minimum absolute atomic E-state index is 0.158. The van der Waals surface area contributed by atoms with Crippen molar-refractivity contribution in [3.8, 4) is 0 Å². The van der Waals surface area contributed by atoms with Crippen LogP contribution in [0.5, 0.6) is 0 Å². The van der Waals surface area contributed by atoms with Gasteiger partial charge in [0, 0.05) is 12.8 Å². The molecule has 52 heavy (non-hydrogen) atoms. The van der Waals surface area contributed by atoms with Crippen molar-refractivity contribution in [1.29, 1.82) is 0 Å². The number of hydrogen-bond acceptors (Lipinski definition) is 11. The maximum absolute atomic E-state index is 12.7. The Morgan fingerprint density at radius 2 is 1.10 bits per heavy atom. The van der Waals surface area contributed by atoms with Gasteiger partial charge in [0.2, 0.25) is 0 Å². The van der Waals surface area contributed by atoms with Gasteiger partial charge in [-0.1, -0.05) is 129 Å². The van der Waals surface area contributed by atoms with Crippen LogP contribution in [0.4, 0.5) is 0 Å². The predicted molar refractivity (Wildman–Crippen MR) is 201 cm³/mol. The fourth-order valence-corrected chi connectivity index (χ4v) is 6.83. The van der Waals surface area contributed by atoms with Gasteiger partial charge >= 0.3 is 11.9 Å². The van der Waals surface area contributed by atoms with E-state index in [9.17, 15) is 37.9 Å². The maximum atomic E-state index is 12.7. The molecule has 13 heteroatoms. The van der Waals surface area contributed by atoms with E-state index in [1.54, 1.807) is 0 Å². The first-order chi connectivity index (χ1) is 25.0. The van der Waals surface area contributed by atoms with E-state index in [1.807, 2.05) is 0 Å². The highest BCUT2D eigenvalue weighted by Crippen LogP contribution is 2.24. The largest absolute Gasteiger partial charge is 0.462 e. The first-order valence-electron chi connectivity index (χ1n) is 20.2. The molecule has 6 unspecified atom stereocenters. The Morgan fingerprint density at radius 3 is 1.60 bits per heavy atom. The Morgan fingerprint density at radius 1 is 0.635 bits per heavy atom. The van der Waals surface area contributed by atoms with Crippen LogP contribution in [0.25, 0.3) is 0 Å². The molecule has 12 nitrogen and oxygen atoms in total. The summed E-state index contributed by atoms with van der Waals surface area (Å²) < 4.78 is 53.8. The van der Waals surface area contributed by atoms with Crippen molar-refractivity contribution in [3.63, 3.8) is 0 Å². The fourth-order valence-electron chi connectivity index (χ4n) is 6.14. The molecule has 306 valence electrons. The zero-order chi connectivity index (χ0) is 38.5. The molecule has 0 aliphatic carbocycles. The topological polar surface area (TPSA) is 186 Å². The van der Waals surface area contributed by atoms with Gasteiger partial charge in [-0.2, -0.15) is 8.42 Å². The van der Waals surface area contributed by atoms with Crippen LogP contribution in [0.3, 0.4) is 0 Å². The van der Waals surface area contributed by atoms with E-state index in [4.69, 9.17) is 18.9 Å². The van der Waals surface area contributed by atoms with Crippen molar-refractivity contribution in [2.24, 2.45) is 0 Å². The Labute approximate surface area is 314 Å². The summed E-state index contributed by atoms with van der Waals surface area (Å²) in [5, 5.41) is 30.7. The Hall–Kier alpha value is -1.61. The van der Waals surface area contributed by atoms with Crippen LogP contribution in [-0.4, -0.2) is 96.0 Å². The van der Waals surface area contributed by atoms with E-state index in [0.717, 1.165) is 57.8 Å². The molecule has 1 fully saturated rings. The molecule has 0 amide bonds. The molecule has 0 aromatic carbocycles. The van der Waals surface area contributed by atoms with E-state index in [2.05, 4.69) is 26.0 Å². The minimum Gasteiger partial charge on any atom is -0.462 e. The minimum atomic E-state index is -4.59. The highest BCUT2D eigenvalue weighted by Gasteiger charge is 2.46. The second-order valence-electron chi connectivity index (χ2n) is 14.3. The molecule has 0 bridgehead atoms. The highest BCUT2D eigenvalue weighted by atomic mass is 32.2. The Balaban J connectivity index is 2.50. The molecular weight excluding hydrogens is 692 g/mol. The first-order valence-corrected chi connectivity index (χ1v) is 21.9. The molecule has 1 saturated heterocycles. The number of hydrogen-bond donors (Lipinski definition) is 4. The molecule has 0 aromatic rings. The van der Waals surface area contributed by atoms with Gasteiger partial charge < -0.3 is 34.3 Å². The summed E-state index contributed by atoms with van der Waals surface area (Å²) in [6, 6.07) is 0. The number of aliphatic hydroxyl groups is 3. The fraction of sp³-hybridized carbons (Fsp3) is 0.897. The van der Waals surface area contributed by atoms with E-state index in [-0.39, 0.29) is 19.4 Å². The molecule has 0 spiro atoms. The van der Waals surface area contributed by atoms with Crippen LogP contribution in [0.2, 0.25) is 0 Å². The van der Waals surface area contributed by atoms with Gasteiger partial charge in [0.1, 0.15) is 36.8 Å². The lowest BCUT2D eigenvalue weighted by molar-refractivity contribution is -0.297. The highest BCUT2D eigenvalue weighted by molar-refractivity contribution is 7.85. The van der Waals surface area contributed by atoms with Crippen LogP contribution in [-0.2, 0) is 38.7 Å². The second kappa shape index (κ2) is 30.7. The summed E-state index contributed by atoms with van der Waals surface area (Å²) in [5.41, 5.74) is 0. The van der Waals surface area contributed by atoms with Crippen LogP contribution in [0.1, 0.15) is 168 Å². The Kier molecular flexibility index (Phi) is 28.6. The molecule has 1 aliphatic rings. The van der Waals surface area contributed by atoms with Crippen molar-refractivity contribution in [2.75, 3.05) is 19.0 Å². The van der Waals surface area contributed by atoms with Gasteiger partial charge in [0.15, 0.2) is 12.4 Å². The smallest absolute Gasteiger partial charge is 0.306 e. The number of aliphatic hydroxyl groups excluding tert-OH is 3. The van der Waals surface area contributed by atoms with E-state index in [0.29, 0.717) is 12.8 Å². The van der Waals surface area contributed by atoms with E-state index < -0.39 is 71.2 Å². The molecule has 1 heterocycles. The number of rotatable bonds is 33. The van der Waals surface area contributed by atoms with Gasteiger partial charge in [0.25, 0.3) is 10.1 Å². The number of carbonyl (C=O) groups excluding carboxylic acids is 2. The third-order valence-corrected chi connectivity index (χ3v) is 10.1. The summed E-state index contributed by atoms with van der Waals surface area (Å²) in [5.74, 6) is -1.99. The predicted octanol–water partition coefficient (Wildman–Crippen LogP) is 7.11. The SMILES string of the molecule is CCCCCCCC/C=C\CCCCCCCC(=O)OC(COC(=O)CCCCCCCCCCC)COC1OC(CS(=O)(=O)O)C(O)C(O)C1O. The molecule has 1 aliphatic heterocycles. The van der Waals surface area contributed by atoms with Crippen molar-refractivity contribution in [3.05, 3.63) is 12.2 Å². The number of carbonyl (C=O) groups is 2. The van der Waals surface area contributed by atoms with Gasteiger partial charge in [-0.3, -0.25) is 14.1 Å². The van der Waals surface area contributed by atoms with Crippen LogP contribution in [0, 0.1) is 0 Å². The number of unbranched alkanes of at least 4 members (excludes halogenated alkanes) is 19. The maximum Gasteiger partial charge on any atom is 0.306 e. The van der Waals surface area contributed by atoms with Crippen LogP contribution >= 0.6 is 0 Å². The zero-order valence-corrected chi connectivity index (χ0v) is 33.0. The normalized spacial score (nSPS) is 21.4. The van der Waals surface area contributed by atoms with Crippen molar-refractivity contribution < 1.29 is 56.8 Å². The lowest BCUT2D eigenvalue weighted by Gasteiger charge is -2.40. The quantitative estimate of drug-likeness (QED) is 0.0230. The number of esters is 2. The lowest BCUT2D eigenvalue weighted by Crippen LogP contribution is -2.60. The van der Waals surface area contributed by atoms with Crippen molar-refractivity contribution in [1.82, 2.24) is 0 Å². The van der Waals surface area contributed by atoms with Crippen LogP contribution in [0.15, 0.2) is 12.2 Å². The molecule has 0 saturated carbocycles. The molecule has 6 atom stereocenters. The van der Waals surface area contributed by atoms with Gasteiger partial charge in [-0.05, 0) is 38.5 Å². The summed E-state index contributed by atoms with van der Waals surface area (Å²) in [6.07, 6.45) is 19.9. The summed E-state index contributed by atoms with van der Waals surface area (Å²) in [4.78, 5) is 25.2. The Bertz CT molecular complexity index is 1040. The average Bonchev–Trinajstić information content (AvgIpc) is 3.10. The molecule has 1 rings (SSSR count). The van der Waals surface area contributed by atoms with Gasteiger partial charge in [0.05, 0.1) is 6.61 Å². The molecule has 4 N–H and O–H groups in total. The van der Waals surface area contributed by atoms with Crippen molar-refractivity contribution >= 4 is 22.1 Å². The summed E-state index contributed by atoms with van der Waals surface area (Å²) in [7, 11) is -4.59. The standard InChI is InChI=1S/C39H72O12S/c1-3-5-7-9-11-13-14-15-16-17-18-20-22-24-26-28-35(41)50-32(29-48-34(40)27-25-23-21-19-12-10-8-6-4-2)30-49-39-38(44)37(43)36(42)33(51-39)31-52(45,46)47/h15-16,32-33,36-39,42-44H,3-14,17-31H2,1-2H3,(H,45,46,47)/b16-15-. The molecule has 0 aromatic heterocycles. The third kappa shape index (κ3) is 25.4. The van der Waals surface area contributed by atoms with E-state index in [1.165, 1.54) is 70.6 Å². The monoisotopic (exact) mass is 764 g/mol. The second-order valence-corrected chi connectivity index (χ2v) is 15.8. The van der Waals surface area contributed by atoms with Gasteiger partial charge in [-0.25, -0.2) is 0 Å².